The highest BCUT2D eigenvalue weighted by atomic mass is 16.2. The molecule has 3 fully saturated rings. The number of hydrogen-bond acceptors (Lipinski definition) is 3. The van der Waals surface area contributed by atoms with Crippen LogP contribution in [0.3, 0.4) is 0 Å². The van der Waals surface area contributed by atoms with Crippen LogP contribution in [0.25, 0.3) is 0 Å². The third-order valence-corrected chi connectivity index (χ3v) is 5.06. The van der Waals surface area contributed by atoms with E-state index in [9.17, 15) is 9.59 Å². The number of nitrogens with one attached hydrogen (secondary N) is 1. The summed E-state index contributed by atoms with van der Waals surface area (Å²) in [6, 6.07) is 0.185. The van der Waals surface area contributed by atoms with E-state index in [2.05, 4.69) is 17.3 Å². The number of likely N-dealkylation sites (tertiary alicyclic amines) is 1. The average Bonchev–Trinajstić information content (AvgIpc) is 2.81. The zero-order chi connectivity index (χ0) is 14.2. The zero-order valence-corrected chi connectivity index (χ0v) is 12.2. The lowest BCUT2D eigenvalue weighted by Crippen LogP contribution is -2.54. The maximum atomic E-state index is 12.5. The van der Waals surface area contributed by atoms with Gasteiger partial charge in [-0.1, -0.05) is 0 Å². The van der Waals surface area contributed by atoms with E-state index in [0.29, 0.717) is 6.42 Å². The molecule has 1 N–H and O–H groups in total. The van der Waals surface area contributed by atoms with E-state index in [1.807, 2.05) is 9.80 Å². The summed E-state index contributed by atoms with van der Waals surface area (Å²) in [7, 11) is 2.09. The molecule has 0 radical (unpaired) electrons. The molecule has 3 heterocycles. The van der Waals surface area contributed by atoms with Crippen LogP contribution in [-0.4, -0.2) is 79.5 Å². The molecule has 112 valence electrons. The lowest BCUT2D eigenvalue weighted by molar-refractivity contribution is -0.119. The number of carbonyl (C=O) groups excluding carboxylic acids is 2. The van der Waals surface area contributed by atoms with Crippen LogP contribution in [0.4, 0.5) is 4.79 Å². The van der Waals surface area contributed by atoms with Crippen molar-refractivity contribution < 1.29 is 9.59 Å². The van der Waals surface area contributed by atoms with Gasteiger partial charge in [0.1, 0.15) is 0 Å². The Balaban J connectivity index is 1.53. The molecule has 0 aromatic rings. The summed E-state index contributed by atoms with van der Waals surface area (Å²) in [4.78, 5) is 30.1. The van der Waals surface area contributed by atoms with Crippen molar-refractivity contribution in [2.75, 3.05) is 52.9 Å². The second-order valence-electron chi connectivity index (χ2n) is 6.51. The van der Waals surface area contributed by atoms with Crippen LogP contribution in [0, 0.1) is 5.41 Å². The van der Waals surface area contributed by atoms with E-state index in [4.69, 9.17) is 0 Å². The molecule has 3 rings (SSSR count). The number of urea groups is 1. The molecule has 3 amide bonds. The highest BCUT2D eigenvalue weighted by Crippen LogP contribution is 2.37. The topological polar surface area (TPSA) is 55.9 Å². The molecule has 6 nitrogen and oxygen atoms in total. The Morgan fingerprint density at radius 3 is 2.20 bits per heavy atom. The molecule has 3 aliphatic heterocycles. The Kier molecular flexibility index (Phi) is 3.58. The van der Waals surface area contributed by atoms with Gasteiger partial charge < -0.3 is 20.0 Å². The fourth-order valence-electron chi connectivity index (χ4n) is 3.48. The van der Waals surface area contributed by atoms with Crippen LogP contribution < -0.4 is 5.32 Å². The molecule has 0 aromatic heterocycles. The minimum atomic E-state index is 0.121. The maximum absolute atomic E-state index is 12.5. The number of likely N-dealkylation sites (N-methyl/N-ethyl adjacent to an activating group) is 1. The van der Waals surface area contributed by atoms with Crippen molar-refractivity contribution in [1.82, 2.24) is 20.0 Å². The molecule has 6 heteroatoms. The summed E-state index contributed by atoms with van der Waals surface area (Å²) in [5, 5.41) is 2.93. The van der Waals surface area contributed by atoms with Gasteiger partial charge in [-0.2, -0.15) is 0 Å². The molecular weight excluding hydrogens is 256 g/mol. The minimum absolute atomic E-state index is 0.121. The summed E-state index contributed by atoms with van der Waals surface area (Å²) in [5.74, 6) is 0.170. The summed E-state index contributed by atoms with van der Waals surface area (Å²) in [6.45, 7) is 5.96. The number of carbonyl (C=O) groups is 2. The molecule has 0 aliphatic carbocycles. The second kappa shape index (κ2) is 5.24. The van der Waals surface area contributed by atoms with E-state index in [1.165, 1.54) is 0 Å². The van der Waals surface area contributed by atoms with E-state index < -0.39 is 0 Å². The quantitative estimate of drug-likeness (QED) is 0.677. The van der Waals surface area contributed by atoms with Gasteiger partial charge in [-0.15, -0.1) is 0 Å². The van der Waals surface area contributed by atoms with Gasteiger partial charge in [0, 0.05) is 52.2 Å². The Bertz CT molecular complexity index is 396. The fraction of sp³-hybridized carbons (Fsp3) is 0.857. The highest BCUT2D eigenvalue weighted by Gasteiger charge is 2.42. The molecule has 1 spiro atoms. The lowest BCUT2D eigenvalue weighted by Gasteiger charge is -2.41. The first-order valence-corrected chi connectivity index (χ1v) is 7.57. The van der Waals surface area contributed by atoms with Crippen molar-refractivity contribution in [1.29, 1.82) is 0 Å². The van der Waals surface area contributed by atoms with Crippen LogP contribution in [0.2, 0.25) is 0 Å². The first-order valence-electron chi connectivity index (χ1n) is 7.57. The molecule has 0 bridgehead atoms. The van der Waals surface area contributed by atoms with E-state index in [-0.39, 0.29) is 17.4 Å². The second-order valence-corrected chi connectivity index (χ2v) is 6.51. The Morgan fingerprint density at radius 1 is 1.05 bits per heavy atom. The number of nitrogens with zero attached hydrogens (tertiary/aromatic N) is 3. The molecular formula is C14H24N4O2. The predicted octanol–water partition coefficient (Wildman–Crippen LogP) is -0.0441. The van der Waals surface area contributed by atoms with Gasteiger partial charge in [-0.3, -0.25) is 4.79 Å². The van der Waals surface area contributed by atoms with E-state index >= 15 is 0 Å². The molecule has 3 saturated heterocycles. The SMILES string of the molecule is CN1CCN(C(=O)N2CCC3(CC2)CNC(=O)C3)CC1. The molecule has 0 saturated carbocycles. The van der Waals surface area contributed by atoms with Crippen molar-refractivity contribution in [3.05, 3.63) is 0 Å². The summed E-state index contributed by atoms with van der Waals surface area (Å²) in [6.07, 6.45) is 2.54. The maximum Gasteiger partial charge on any atom is 0.320 e. The smallest absolute Gasteiger partial charge is 0.320 e. The summed E-state index contributed by atoms with van der Waals surface area (Å²) in [5.41, 5.74) is 0.121. The first kappa shape index (κ1) is 13.7. The van der Waals surface area contributed by atoms with Gasteiger partial charge in [-0.25, -0.2) is 4.79 Å². The van der Waals surface area contributed by atoms with Crippen LogP contribution in [0.15, 0.2) is 0 Å². The van der Waals surface area contributed by atoms with Crippen molar-refractivity contribution in [3.8, 4) is 0 Å². The standard InChI is InChI=1S/C14H24N4O2/c1-16-6-8-18(9-7-16)13(20)17-4-2-14(3-5-17)10-12(19)15-11-14/h2-11H2,1H3,(H,15,19). The minimum Gasteiger partial charge on any atom is -0.356 e. The predicted molar refractivity (Wildman–Crippen MR) is 75.3 cm³/mol. The molecule has 3 aliphatic rings. The molecule has 0 aromatic carbocycles. The molecule has 0 atom stereocenters. The lowest BCUT2D eigenvalue weighted by atomic mass is 9.78. The summed E-state index contributed by atoms with van der Waals surface area (Å²) >= 11 is 0. The van der Waals surface area contributed by atoms with Crippen LogP contribution in [0.1, 0.15) is 19.3 Å². The highest BCUT2D eigenvalue weighted by molar-refractivity contribution is 5.79. The van der Waals surface area contributed by atoms with Gasteiger partial charge in [0.25, 0.3) is 0 Å². The number of piperidine rings is 1. The number of hydrogen-bond donors (Lipinski definition) is 1. The van der Waals surface area contributed by atoms with Crippen molar-refractivity contribution in [2.45, 2.75) is 19.3 Å². The van der Waals surface area contributed by atoms with Gasteiger partial charge in [0.2, 0.25) is 5.91 Å². The van der Waals surface area contributed by atoms with Gasteiger partial charge >= 0.3 is 6.03 Å². The molecule has 20 heavy (non-hydrogen) atoms. The van der Waals surface area contributed by atoms with Crippen LogP contribution in [0.5, 0.6) is 0 Å². The van der Waals surface area contributed by atoms with Crippen molar-refractivity contribution in [3.63, 3.8) is 0 Å². The largest absolute Gasteiger partial charge is 0.356 e. The zero-order valence-electron chi connectivity index (χ0n) is 12.2. The Morgan fingerprint density at radius 2 is 1.65 bits per heavy atom. The number of piperazine rings is 1. The normalized spacial score (nSPS) is 26.9. The Labute approximate surface area is 120 Å². The first-order chi connectivity index (χ1) is 9.58. The third-order valence-electron chi connectivity index (χ3n) is 5.06. The van der Waals surface area contributed by atoms with Crippen molar-refractivity contribution >= 4 is 11.9 Å². The van der Waals surface area contributed by atoms with Crippen LogP contribution in [-0.2, 0) is 4.79 Å². The average molecular weight is 280 g/mol. The Hall–Kier alpha value is -1.30. The fourth-order valence-corrected chi connectivity index (χ4v) is 3.48. The number of amides is 3. The monoisotopic (exact) mass is 280 g/mol. The van der Waals surface area contributed by atoms with Gasteiger partial charge in [0.15, 0.2) is 0 Å². The third kappa shape index (κ3) is 2.61. The van der Waals surface area contributed by atoms with Crippen molar-refractivity contribution in [2.24, 2.45) is 5.41 Å². The van der Waals surface area contributed by atoms with Gasteiger partial charge in [0.05, 0.1) is 0 Å². The molecule has 0 unspecified atom stereocenters. The van der Waals surface area contributed by atoms with Gasteiger partial charge in [-0.05, 0) is 25.3 Å². The number of rotatable bonds is 0. The summed E-state index contributed by atoms with van der Waals surface area (Å²) < 4.78 is 0. The van der Waals surface area contributed by atoms with Crippen LogP contribution >= 0.6 is 0 Å². The van der Waals surface area contributed by atoms with E-state index in [1.54, 1.807) is 0 Å². The van der Waals surface area contributed by atoms with E-state index in [0.717, 1.165) is 58.7 Å².